The predicted octanol–water partition coefficient (Wildman–Crippen LogP) is 5.37. The lowest BCUT2D eigenvalue weighted by Gasteiger charge is -2.22. The van der Waals surface area contributed by atoms with E-state index in [2.05, 4.69) is 33.0 Å². The number of anilines is 1. The normalized spacial score (nSPS) is 11.3. The smallest absolute Gasteiger partial charge is 0.245 e. The third-order valence-corrected chi connectivity index (χ3v) is 5.69. The molecule has 0 fully saturated rings. The Morgan fingerprint density at radius 2 is 1.65 bits per heavy atom. The SMILES string of the molecule is CCCCN(CC(=O)Nc1cc(C(C)(C)C)nn1-c1ccccc1)C(=O)CCc1ccccc1. The minimum atomic E-state index is -0.221. The molecule has 0 aliphatic carbocycles. The van der Waals surface area contributed by atoms with Crippen LogP contribution in [-0.2, 0) is 21.4 Å². The van der Waals surface area contributed by atoms with Crippen LogP contribution in [0.15, 0.2) is 66.7 Å². The van der Waals surface area contributed by atoms with E-state index >= 15 is 0 Å². The van der Waals surface area contributed by atoms with Gasteiger partial charge < -0.3 is 10.2 Å². The summed E-state index contributed by atoms with van der Waals surface area (Å²) in [6.07, 6.45) is 2.87. The van der Waals surface area contributed by atoms with Crippen LogP contribution in [0, 0.1) is 0 Å². The molecule has 2 amide bonds. The van der Waals surface area contributed by atoms with Gasteiger partial charge in [-0.3, -0.25) is 9.59 Å². The summed E-state index contributed by atoms with van der Waals surface area (Å²) in [4.78, 5) is 27.7. The molecule has 1 aromatic heterocycles. The number of hydrogen-bond donors (Lipinski definition) is 1. The molecule has 1 N–H and O–H groups in total. The Balaban J connectivity index is 1.73. The first kappa shape index (κ1) is 25.2. The van der Waals surface area contributed by atoms with Crippen molar-refractivity contribution in [3.63, 3.8) is 0 Å². The highest BCUT2D eigenvalue weighted by Gasteiger charge is 2.23. The third-order valence-electron chi connectivity index (χ3n) is 5.69. The summed E-state index contributed by atoms with van der Waals surface area (Å²) in [7, 11) is 0. The van der Waals surface area contributed by atoms with Crippen LogP contribution in [0.2, 0.25) is 0 Å². The quantitative estimate of drug-likeness (QED) is 0.442. The maximum absolute atomic E-state index is 13.1. The number of amides is 2. The van der Waals surface area contributed by atoms with E-state index in [4.69, 9.17) is 5.10 Å². The van der Waals surface area contributed by atoms with E-state index in [9.17, 15) is 9.59 Å². The molecule has 0 unspecified atom stereocenters. The zero-order chi connectivity index (χ0) is 24.6. The molecule has 0 spiro atoms. The Kier molecular flexibility index (Phi) is 8.63. The van der Waals surface area contributed by atoms with Crippen molar-refractivity contribution in [2.75, 3.05) is 18.4 Å². The number of aromatic nitrogens is 2. The van der Waals surface area contributed by atoms with Crippen molar-refractivity contribution in [2.24, 2.45) is 0 Å². The fourth-order valence-electron chi connectivity index (χ4n) is 3.65. The van der Waals surface area contributed by atoms with Crippen molar-refractivity contribution < 1.29 is 9.59 Å². The zero-order valence-electron chi connectivity index (χ0n) is 20.8. The monoisotopic (exact) mass is 460 g/mol. The van der Waals surface area contributed by atoms with Crippen LogP contribution < -0.4 is 5.32 Å². The predicted molar refractivity (Wildman–Crippen MR) is 137 cm³/mol. The van der Waals surface area contributed by atoms with E-state index in [1.54, 1.807) is 9.58 Å². The van der Waals surface area contributed by atoms with Gasteiger partial charge in [-0.25, -0.2) is 4.68 Å². The molecular weight excluding hydrogens is 424 g/mol. The van der Waals surface area contributed by atoms with Crippen LogP contribution in [-0.4, -0.2) is 39.6 Å². The number of carbonyl (C=O) groups excluding carboxylic acids is 2. The molecule has 0 atom stereocenters. The van der Waals surface area contributed by atoms with Gasteiger partial charge in [0.05, 0.1) is 17.9 Å². The lowest BCUT2D eigenvalue weighted by molar-refractivity contribution is -0.134. The molecule has 0 saturated carbocycles. The standard InChI is InChI=1S/C28H36N4O2/c1-5-6-19-31(27(34)18-17-22-13-9-7-10-14-22)21-26(33)29-25-20-24(28(2,3)4)30-32(25)23-15-11-8-12-16-23/h7-16,20H,5-6,17-19,21H2,1-4H3,(H,29,33). The maximum Gasteiger partial charge on any atom is 0.245 e. The molecular formula is C28H36N4O2. The molecule has 0 aliphatic heterocycles. The lowest BCUT2D eigenvalue weighted by Crippen LogP contribution is -2.39. The number of para-hydroxylation sites is 1. The van der Waals surface area contributed by atoms with Crippen LogP contribution >= 0.6 is 0 Å². The Morgan fingerprint density at radius 3 is 2.26 bits per heavy atom. The van der Waals surface area contributed by atoms with Crippen molar-refractivity contribution in [2.45, 2.75) is 58.8 Å². The molecule has 3 rings (SSSR count). The number of hydrogen-bond acceptors (Lipinski definition) is 3. The van der Waals surface area contributed by atoms with Gasteiger partial charge >= 0.3 is 0 Å². The first-order chi connectivity index (χ1) is 16.3. The van der Waals surface area contributed by atoms with Gasteiger partial charge in [-0.15, -0.1) is 0 Å². The molecule has 2 aromatic carbocycles. The summed E-state index contributed by atoms with van der Waals surface area (Å²) in [5.41, 5.74) is 2.71. The molecule has 0 bridgehead atoms. The topological polar surface area (TPSA) is 67.2 Å². The van der Waals surface area contributed by atoms with Crippen molar-refractivity contribution in [3.8, 4) is 5.69 Å². The average molecular weight is 461 g/mol. The van der Waals surface area contributed by atoms with Crippen molar-refractivity contribution in [1.29, 1.82) is 0 Å². The average Bonchev–Trinajstić information content (AvgIpc) is 3.25. The molecule has 0 aliphatic rings. The van der Waals surface area contributed by atoms with Gasteiger partial charge in [0.15, 0.2) is 0 Å². The van der Waals surface area contributed by atoms with Crippen molar-refractivity contribution >= 4 is 17.6 Å². The van der Waals surface area contributed by atoms with E-state index < -0.39 is 0 Å². The number of aryl methyl sites for hydroxylation is 1. The highest BCUT2D eigenvalue weighted by molar-refractivity contribution is 5.94. The Bertz CT molecular complexity index is 1070. The largest absolute Gasteiger partial charge is 0.333 e. The van der Waals surface area contributed by atoms with Gasteiger partial charge in [0, 0.05) is 24.4 Å². The first-order valence-electron chi connectivity index (χ1n) is 12.1. The Hall–Kier alpha value is -3.41. The molecule has 3 aromatic rings. The number of carbonyl (C=O) groups is 2. The minimum absolute atomic E-state index is 0.000555. The van der Waals surface area contributed by atoms with E-state index in [0.717, 1.165) is 29.8 Å². The van der Waals surface area contributed by atoms with Crippen molar-refractivity contribution in [1.82, 2.24) is 14.7 Å². The van der Waals surface area contributed by atoms with E-state index in [0.29, 0.717) is 25.2 Å². The van der Waals surface area contributed by atoms with Gasteiger partial charge in [0.1, 0.15) is 5.82 Å². The molecule has 34 heavy (non-hydrogen) atoms. The van der Waals surface area contributed by atoms with E-state index in [-0.39, 0.29) is 23.8 Å². The summed E-state index contributed by atoms with van der Waals surface area (Å²) >= 11 is 0. The Labute approximate surface area is 203 Å². The minimum Gasteiger partial charge on any atom is -0.333 e. The molecule has 6 heteroatoms. The number of benzene rings is 2. The number of rotatable bonds is 10. The molecule has 1 heterocycles. The molecule has 180 valence electrons. The second kappa shape index (κ2) is 11.6. The second-order valence-corrected chi connectivity index (χ2v) is 9.61. The first-order valence-corrected chi connectivity index (χ1v) is 12.1. The van der Waals surface area contributed by atoms with Crippen LogP contribution in [0.5, 0.6) is 0 Å². The fourth-order valence-corrected chi connectivity index (χ4v) is 3.65. The van der Waals surface area contributed by atoms with Crippen LogP contribution in [0.1, 0.15) is 58.2 Å². The summed E-state index contributed by atoms with van der Waals surface area (Å²) in [5, 5.41) is 7.76. The van der Waals surface area contributed by atoms with Gasteiger partial charge in [0.2, 0.25) is 11.8 Å². The number of unbranched alkanes of at least 4 members (excludes halogenated alkanes) is 1. The maximum atomic E-state index is 13.1. The highest BCUT2D eigenvalue weighted by atomic mass is 16.2. The molecule has 0 radical (unpaired) electrons. The van der Waals surface area contributed by atoms with E-state index in [1.165, 1.54) is 0 Å². The highest BCUT2D eigenvalue weighted by Crippen LogP contribution is 2.26. The summed E-state index contributed by atoms with van der Waals surface area (Å²) < 4.78 is 1.76. The van der Waals surface area contributed by atoms with Gasteiger partial charge in [-0.2, -0.15) is 5.10 Å². The third kappa shape index (κ3) is 7.04. The van der Waals surface area contributed by atoms with Gasteiger partial charge in [-0.1, -0.05) is 82.6 Å². The summed E-state index contributed by atoms with van der Waals surface area (Å²) in [6, 6.07) is 21.6. The summed E-state index contributed by atoms with van der Waals surface area (Å²) in [5.74, 6) is 0.384. The summed E-state index contributed by atoms with van der Waals surface area (Å²) in [6.45, 7) is 8.96. The van der Waals surface area contributed by atoms with Crippen LogP contribution in [0.3, 0.4) is 0 Å². The molecule has 0 saturated heterocycles. The van der Waals surface area contributed by atoms with Crippen LogP contribution in [0.25, 0.3) is 5.69 Å². The lowest BCUT2D eigenvalue weighted by atomic mass is 9.92. The molecule has 6 nitrogen and oxygen atoms in total. The number of nitrogens with one attached hydrogen (secondary N) is 1. The van der Waals surface area contributed by atoms with Crippen molar-refractivity contribution in [3.05, 3.63) is 78.0 Å². The fraction of sp³-hybridized carbons (Fsp3) is 0.393. The number of nitrogens with zero attached hydrogens (tertiary/aromatic N) is 3. The second-order valence-electron chi connectivity index (χ2n) is 9.61. The zero-order valence-corrected chi connectivity index (χ0v) is 20.8. The Morgan fingerprint density at radius 1 is 1.00 bits per heavy atom. The van der Waals surface area contributed by atoms with Crippen LogP contribution in [0.4, 0.5) is 5.82 Å². The van der Waals surface area contributed by atoms with Gasteiger partial charge in [-0.05, 0) is 30.5 Å². The van der Waals surface area contributed by atoms with Gasteiger partial charge in [0.25, 0.3) is 0 Å². The van der Waals surface area contributed by atoms with E-state index in [1.807, 2.05) is 66.7 Å².